The van der Waals surface area contributed by atoms with Crippen LogP contribution in [0, 0.1) is 0 Å². The Morgan fingerprint density at radius 1 is 1.00 bits per heavy atom. The third-order valence-electron chi connectivity index (χ3n) is 5.41. The zero-order valence-corrected chi connectivity index (χ0v) is 17.4. The first kappa shape index (κ1) is 17.6. The lowest BCUT2D eigenvalue weighted by Crippen LogP contribution is -1.99. The minimum atomic E-state index is 0.688. The van der Waals surface area contributed by atoms with Gasteiger partial charge in [0.05, 0.1) is 6.61 Å². The van der Waals surface area contributed by atoms with Crippen LogP contribution in [-0.4, -0.2) is 20.8 Å². The molecule has 0 radical (unpaired) electrons. The Labute approximate surface area is 172 Å². The smallest absolute Gasteiger partial charge is 0.162 e. The normalized spacial score (nSPS) is 13.6. The van der Waals surface area contributed by atoms with Crippen LogP contribution < -0.4 is 4.74 Å². The van der Waals surface area contributed by atoms with E-state index in [-0.39, 0.29) is 0 Å². The quantitative estimate of drug-likeness (QED) is 0.395. The summed E-state index contributed by atoms with van der Waals surface area (Å²) in [5, 5.41) is 4.96. The topological polar surface area (TPSA) is 31.5 Å². The SMILES string of the molecule is CCOc1ccc(-c2cn3nc(-c4ccc(Br)cc4)n4c3c2CCCC4)cc1. The van der Waals surface area contributed by atoms with E-state index in [0.717, 1.165) is 34.6 Å². The maximum absolute atomic E-state index is 5.60. The van der Waals surface area contributed by atoms with Gasteiger partial charge in [0.2, 0.25) is 0 Å². The zero-order chi connectivity index (χ0) is 19.1. The van der Waals surface area contributed by atoms with Gasteiger partial charge in [0.15, 0.2) is 5.82 Å². The van der Waals surface area contributed by atoms with E-state index in [2.05, 4.69) is 79.7 Å². The summed E-state index contributed by atoms with van der Waals surface area (Å²) in [4.78, 5) is 0. The van der Waals surface area contributed by atoms with Crippen molar-refractivity contribution < 1.29 is 4.74 Å². The lowest BCUT2D eigenvalue weighted by atomic mass is 10.0. The molecule has 4 aromatic rings. The van der Waals surface area contributed by atoms with E-state index in [1.807, 2.05) is 6.92 Å². The van der Waals surface area contributed by atoms with Gasteiger partial charge in [-0.2, -0.15) is 0 Å². The van der Waals surface area contributed by atoms with E-state index in [0.29, 0.717) is 6.61 Å². The van der Waals surface area contributed by atoms with Crippen molar-refractivity contribution in [1.29, 1.82) is 0 Å². The summed E-state index contributed by atoms with van der Waals surface area (Å²) in [7, 11) is 0. The number of hydrogen-bond donors (Lipinski definition) is 0. The fourth-order valence-corrected chi connectivity index (χ4v) is 4.39. The first-order chi connectivity index (χ1) is 13.7. The van der Waals surface area contributed by atoms with E-state index < -0.39 is 0 Å². The molecule has 5 heteroatoms. The maximum Gasteiger partial charge on any atom is 0.162 e. The molecular formula is C23H22BrN3O. The summed E-state index contributed by atoms with van der Waals surface area (Å²) in [5.74, 6) is 1.96. The van der Waals surface area contributed by atoms with Crippen LogP contribution in [0.2, 0.25) is 0 Å². The molecule has 0 saturated carbocycles. The van der Waals surface area contributed by atoms with Gasteiger partial charge in [-0.1, -0.05) is 40.2 Å². The van der Waals surface area contributed by atoms with Gasteiger partial charge in [0, 0.05) is 33.9 Å². The van der Waals surface area contributed by atoms with Gasteiger partial charge in [-0.05, 0) is 56.0 Å². The van der Waals surface area contributed by atoms with Crippen molar-refractivity contribution in [2.24, 2.45) is 0 Å². The molecule has 5 rings (SSSR count). The van der Waals surface area contributed by atoms with E-state index >= 15 is 0 Å². The first-order valence-corrected chi connectivity index (χ1v) is 10.6. The Morgan fingerprint density at radius 3 is 2.50 bits per heavy atom. The molecule has 1 aliphatic heterocycles. The predicted octanol–water partition coefficient (Wildman–Crippen LogP) is 5.97. The molecule has 2 aromatic heterocycles. The molecule has 0 spiro atoms. The molecule has 1 aliphatic rings. The number of halogens is 1. The summed E-state index contributed by atoms with van der Waals surface area (Å²) >= 11 is 3.52. The lowest BCUT2D eigenvalue weighted by molar-refractivity contribution is 0.340. The highest BCUT2D eigenvalue weighted by atomic mass is 79.9. The molecule has 3 heterocycles. The lowest BCUT2D eigenvalue weighted by Gasteiger charge is -2.07. The standard InChI is InChI=1S/C23H22BrN3O/c1-2-28-19-12-8-16(9-13-19)21-15-27-23-20(21)5-3-4-14-26(23)22(25-27)17-6-10-18(24)11-7-17/h6-13,15H,2-5,14H2,1H3. The predicted molar refractivity (Wildman–Crippen MR) is 116 cm³/mol. The third-order valence-corrected chi connectivity index (χ3v) is 5.94. The van der Waals surface area contributed by atoms with Gasteiger partial charge < -0.3 is 9.30 Å². The number of ether oxygens (including phenoxy) is 1. The van der Waals surface area contributed by atoms with Crippen molar-refractivity contribution in [1.82, 2.24) is 14.2 Å². The fourth-order valence-electron chi connectivity index (χ4n) is 4.13. The van der Waals surface area contributed by atoms with Gasteiger partial charge in [-0.15, -0.1) is 5.10 Å². The number of rotatable bonds is 4. The van der Waals surface area contributed by atoms with Gasteiger partial charge in [-0.3, -0.25) is 0 Å². The van der Waals surface area contributed by atoms with Crippen LogP contribution in [0.15, 0.2) is 59.2 Å². The monoisotopic (exact) mass is 435 g/mol. The summed E-state index contributed by atoms with van der Waals surface area (Å²) in [5.41, 5.74) is 6.30. The van der Waals surface area contributed by atoms with Crippen LogP contribution in [0.1, 0.15) is 25.3 Å². The number of hydrogen-bond acceptors (Lipinski definition) is 2. The third kappa shape index (κ3) is 2.94. The van der Waals surface area contributed by atoms with Crippen molar-refractivity contribution in [3.63, 3.8) is 0 Å². The molecule has 0 unspecified atom stereocenters. The second-order valence-electron chi connectivity index (χ2n) is 7.19. The van der Waals surface area contributed by atoms with Crippen molar-refractivity contribution in [2.75, 3.05) is 6.61 Å². The molecule has 0 fully saturated rings. The van der Waals surface area contributed by atoms with Gasteiger partial charge in [-0.25, -0.2) is 4.52 Å². The molecule has 142 valence electrons. The number of aromatic nitrogens is 3. The van der Waals surface area contributed by atoms with Crippen molar-refractivity contribution in [3.8, 4) is 28.3 Å². The summed E-state index contributed by atoms with van der Waals surface area (Å²) in [6, 6.07) is 16.8. The van der Waals surface area contributed by atoms with E-state index in [1.54, 1.807) is 0 Å². The molecule has 0 amide bonds. The molecule has 0 atom stereocenters. The Morgan fingerprint density at radius 2 is 1.75 bits per heavy atom. The minimum Gasteiger partial charge on any atom is -0.494 e. The molecule has 2 aromatic carbocycles. The number of benzene rings is 2. The molecule has 0 saturated heterocycles. The molecule has 0 N–H and O–H groups in total. The van der Waals surface area contributed by atoms with Crippen molar-refractivity contribution in [2.45, 2.75) is 32.7 Å². The highest BCUT2D eigenvalue weighted by Crippen LogP contribution is 2.35. The first-order valence-electron chi connectivity index (χ1n) is 9.84. The van der Waals surface area contributed by atoms with Gasteiger partial charge >= 0.3 is 0 Å². The molecule has 0 aliphatic carbocycles. The average molecular weight is 436 g/mol. The number of aryl methyl sites for hydroxylation is 2. The Bertz CT molecular complexity index is 1120. The summed E-state index contributed by atoms with van der Waals surface area (Å²) < 4.78 is 11.1. The minimum absolute atomic E-state index is 0.688. The van der Waals surface area contributed by atoms with Gasteiger partial charge in [0.1, 0.15) is 11.4 Å². The van der Waals surface area contributed by atoms with E-state index in [4.69, 9.17) is 9.84 Å². The van der Waals surface area contributed by atoms with E-state index in [9.17, 15) is 0 Å². The molecule has 28 heavy (non-hydrogen) atoms. The van der Waals surface area contributed by atoms with E-state index in [1.165, 1.54) is 35.2 Å². The van der Waals surface area contributed by atoms with Gasteiger partial charge in [0.25, 0.3) is 0 Å². The summed E-state index contributed by atoms with van der Waals surface area (Å²) in [6.07, 6.45) is 5.65. The van der Waals surface area contributed by atoms with Crippen LogP contribution in [0.25, 0.3) is 28.2 Å². The van der Waals surface area contributed by atoms with Crippen LogP contribution in [0.4, 0.5) is 0 Å². The Balaban J connectivity index is 1.64. The second-order valence-corrected chi connectivity index (χ2v) is 8.10. The fraction of sp³-hybridized carbons (Fsp3) is 0.261. The largest absolute Gasteiger partial charge is 0.494 e. The maximum atomic E-state index is 5.60. The zero-order valence-electron chi connectivity index (χ0n) is 15.9. The average Bonchev–Trinajstić information content (AvgIpc) is 3.14. The highest BCUT2D eigenvalue weighted by Gasteiger charge is 2.22. The summed E-state index contributed by atoms with van der Waals surface area (Å²) in [6.45, 7) is 3.71. The molecule has 4 nitrogen and oxygen atoms in total. The highest BCUT2D eigenvalue weighted by molar-refractivity contribution is 9.10. The van der Waals surface area contributed by atoms with Crippen molar-refractivity contribution in [3.05, 3.63) is 64.8 Å². The molecule has 0 bridgehead atoms. The molecular weight excluding hydrogens is 414 g/mol. The number of nitrogens with zero attached hydrogens (tertiary/aromatic N) is 3. The van der Waals surface area contributed by atoms with Crippen molar-refractivity contribution >= 4 is 21.6 Å². The second kappa shape index (κ2) is 7.13. The van der Waals surface area contributed by atoms with Crippen LogP contribution in [0.3, 0.4) is 0 Å². The van der Waals surface area contributed by atoms with Crippen LogP contribution in [0.5, 0.6) is 5.75 Å². The Hall–Kier alpha value is -2.53. The van der Waals surface area contributed by atoms with Crippen LogP contribution >= 0.6 is 15.9 Å². The van der Waals surface area contributed by atoms with Crippen LogP contribution in [-0.2, 0) is 13.0 Å². The Kier molecular flexibility index (Phi) is 4.47.